The van der Waals surface area contributed by atoms with E-state index in [4.69, 9.17) is 5.73 Å². The zero-order valence-electron chi connectivity index (χ0n) is 17.3. The maximum absolute atomic E-state index is 12.4. The first-order chi connectivity index (χ1) is 14.3. The van der Waals surface area contributed by atoms with E-state index in [1.807, 2.05) is 0 Å². The van der Waals surface area contributed by atoms with Crippen molar-refractivity contribution in [2.45, 2.75) is 68.8 Å². The Morgan fingerprint density at radius 2 is 1.83 bits per heavy atom. The minimum absolute atomic E-state index is 0.0563. The second-order valence-corrected chi connectivity index (χ2v) is 10.5. The molecule has 0 amide bonds. The molecule has 2 aromatic heterocycles. The van der Waals surface area contributed by atoms with Gasteiger partial charge in [-0.25, -0.2) is 23.1 Å². The second-order valence-electron chi connectivity index (χ2n) is 8.79. The van der Waals surface area contributed by atoms with E-state index in [1.165, 1.54) is 37.2 Å². The minimum atomic E-state index is -3.63. The summed E-state index contributed by atoms with van der Waals surface area (Å²) in [5.74, 6) is 1.13. The summed E-state index contributed by atoms with van der Waals surface area (Å²) in [6.07, 6.45) is 8.65. The first-order valence-electron chi connectivity index (χ1n) is 10.6. The van der Waals surface area contributed by atoms with Gasteiger partial charge in [-0.1, -0.05) is 12.1 Å². The van der Waals surface area contributed by atoms with Crippen molar-refractivity contribution in [1.82, 2.24) is 19.3 Å². The molecule has 5 rings (SSSR count). The van der Waals surface area contributed by atoms with Crippen LogP contribution in [0.15, 0.2) is 35.5 Å². The summed E-state index contributed by atoms with van der Waals surface area (Å²) in [6.45, 7) is 3.56. The third-order valence-electron chi connectivity index (χ3n) is 6.10. The van der Waals surface area contributed by atoms with Gasteiger partial charge in [0, 0.05) is 17.5 Å². The number of nitrogens with one attached hydrogen (secondary N) is 1. The fourth-order valence-electron chi connectivity index (χ4n) is 4.23. The quantitative estimate of drug-likeness (QED) is 0.622. The molecule has 0 spiro atoms. The smallest absolute Gasteiger partial charge is 0.243 e. The average Bonchev–Trinajstić information content (AvgIpc) is 3.46. The summed E-state index contributed by atoms with van der Waals surface area (Å²) in [7, 11) is -3.63. The number of nitrogens with zero attached hydrogens (tertiary/aromatic N) is 3. The van der Waals surface area contributed by atoms with Gasteiger partial charge in [-0.05, 0) is 63.5 Å². The Hall–Kier alpha value is -2.45. The number of rotatable bonds is 6. The highest BCUT2D eigenvalue weighted by molar-refractivity contribution is 7.89. The highest BCUT2D eigenvalue weighted by Crippen LogP contribution is 2.46. The molecule has 0 saturated heterocycles. The van der Waals surface area contributed by atoms with Crippen LogP contribution in [0.2, 0.25) is 0 Å². The van der Waals surface area contributed by atoms with Crippen LogP contribution in [0, 0.1) is 0 Å². The van der Waals surface area contributed by atoms with Crippen molar-refractivity contribution in [2.75, 3.05) is 5.73 Å². The zero-order valence-corrected chi connectivity index (χ0v) is 18.1. The number of sulfonamides is 1. The molecule has 8 heteroatoms. The van der Waals surface area contributed by atoms with Crippen LogP contribution >= 0.6 is 0 Å². The van der Waals surface area contributed by atoms with Crippen molar-refractivity contribution < 1.29 is 8.42 Å². The van der Waals surface area contributed by atoms with E-state index in [9.17, 15) is 8.42 Å². The number of aromatic nitrogens is 3. The van der Waals surface area contributed by atoms with Crippen LogP contribution in [0.3, 0.4) is 0 Å². The Bertz CT molecular complexity index is 1210. The summed E-state index contributed by atoms with van der Waals surface area (Å²) >= 11 is 0. The Morgan fingerprint density at radius 3 is 2.40 bits per heavy atom. The summed E-state index contributed by atoms with van der Waals surface area (Å²) in [4.78, 5) is 8.89. The van der Waals surface area contributed by atoms with Crippen LogP contribution in [0.1, 0.15) is 63.5 Å². The molecule has 2 saturated carbocycles. The molecular formula is C22H27N5O2S. The largest absolute Gasteiger partial charge is 0.396 e. The molecule has 30 heavy (non-hydrogen) atoms. The molecule has 7 nitrogen and oxygen atoms in total. The van der Waals surface area contributed by atoms with Gasteiger partial charge in [0.15, 0.2) is 5.82 Å². The van der Waals surface area contributed by atoms with E-state index >= 15 is 0 Å². The zero-order chi connectivity index (χ0) is 21.0. The molecule has 1 aromatic carbocycles. The molecule has 2 fully saturated rings. The van der Waals surface area contributed by atoms with Gasteiger partial charge in [-0.2, -0.15) is 0 Å². The van der Waals surface area contributed by atoms with Gasteiger partial charge < -0.3 is 10.3 Å². The fourth-order valence-corrected chi connectivity index (χ4v) is 5.37. The fraction of sp³-hybridized carbons (Fsp3) is 0.455. The molecule has 0 radical (unpaired) electrons. The molecule has 0 bridgehead atoms. The van der Waals surface area contributed by atoms with E-state index in [0.29, 0.717) is 23.5 Å². The van der Waals surface area contributed by atoms with Gasteiger partial charge in [-0.3, -0.25) is 0 Å². The van der Waals surface area contributed by atoms with Crippen molar-refractivity contribution >= 4 is 26.6 Å². The first-order valence-corrected chi connectivity index (χ1v) is 12.1. The number of hydrogen-bond acceptors (Lipinski definition) is 5. The lowest BCUT2D eigenvalue weighted by atomic mass is 9.92. The van der Waals surface area contributed by atoms with Crippen LogP contribution in [-0.4, -0.2) is 29.0 Å². The molecule has 2 aliphatic carbocycles. The van der Waals surface area contributed by atoms with Gasteiger partial charge in [0.25, 0.3) is 0 Å². The molecule has 3 N–H and O–H groups in total. The first kappa shape index (κ1) is 19.5. The van der Waals surface area contributed by atoms with Gasteiger partial charge in [0.2, 0.25) is 10.0 Å². The highest BCUT2D eigenvalue weighted by Gasteiger charge is 2.30. The number of hydrogen-bond donors (Lipinski definition) is 2. The summed E-state index contributed by atoms with van der Waals surface area (Å²) in [5.41, 5.74) is 10.6. The standard InChI is InChI=1S/C22H27N5O2S/c1-13(2)26-30(28,29)17-11-24-22(25-12-17)21-20(23)18-9-8-15(14-6-7-14)10-19(18)27(21)16-4-3-5-16/h8-14,16,26H,3-7,23H2,1-2H3. The second kappa shape index (κ2) is 7.06. The van der Waals surface area contributed by atoms with E-state index in [-0.39, 0.29) is 10.9 Å². The monoisotopic (exact) mass is 425 g/mol. The number of benzene rings is 1. The number of fused-ring (bicyclic) bond motifs is 1. The number of nitrogen functional groups attached to an aromatic ring is 1. The van der Waals surface area contributed by atoms with Crippen molar-refractivity contribution in [1.29, 1.82) is 0 Å². The van der Waals surface area contributed by atoms with Crippen LogP contribution in [0.25, 0.3) is 22.4 Å². The molecule has 0 unspecified atom stereocenters. The van der Waals surface area contributed by atoms with Gasteiger partial charge in [0.05, 0.1) is 23.6 Å². The van der Waals surface area contributed by atoms with Gasteiger partial charge >= 0.3 is 0 Å². The maximum Gasteiger partial charge on any atom is 0.243 e. The van der Waals surface area contributed by atoms with Gasteiger partial charge in [-0.15, -0.1) is 0 Å². The van der Waals surface area contributed by atoms with Crippen molar-refractivity contribution in [3.63, 3.8) is 0 Å². The van der Waals surface area contributed by atoms with Crippen LogP contribution in [0.4, 0.5) is 5.69 Å². The van der Waals surface area contributed by atoms with E-state index in [2.05, 4.69) is 37.5 Å². The molecular weight excluding hydrogens is 398 g/mol. The summed E-state index contributed by atoms with van der Waals surface area (Å²) in [5, 5.41) is 1.02. The average molecular weight is 426 g/mol. The lowest BCUT2D eigenvalue weighted by Crippen LogP contribution is -2.30. The minimum Gasteiger partial charge on any atom is -0.396 e. The summed E-state index contributed by atoms with van der Waals surface area (Å²) in [6, 6.07) is 6.74. The molecule has 3 aromatic rings. The van der Waals surface area contributed by atoms with Crippen molar-refractivity contribution in [2.24, 2.45) is 0 Å². The molecule has 0 aliphatic heterocycles. The molecule has 0 atom stereocenters. The Balaban J connectivity index is 1.62. The van der Waals surface area contributed by atoms with E-state index < -0.39 is 10.0 Å². The SMILES string of the molecule is CC(C)NS(=O)(=O)c1cnc(-c2c(N)c3ccc(C4CC4)cc3n2C2CCC2)nc1. The normalized spacial score (nSPS) is 17.6. The van der Waals surface area contributed by atoms with Gasteiger partial charge in [0.1, 0.15) is 10.6 Å². The Morgan fingerprint density at radius 1 is 1.13 bits per heavy atom. The maximum atomic E-state index is 12.4. The number of anilines is 1. The topological polar surface area (TPSA) is 103 Å². The van der Waals surface area contributed by atoms with E-state index in [0.717, 1.165) is 29.4 Å². The van der Waals surface area contributed by atoms with Crippen LogP contribution in [0.5, 0.6) is 0 Å². The lowest BCUT2D eigenvalue weighted by molar-refractivity contribution is 0.324. The predicted octanol–water partition coefficient (Wildman–Crippen LogP) is 3.97. The molecule has 2 aliphatic rings. The highest BCUT2D eigenvalue weighted by atomic mass is 32.2. The third kappa shape index (κ3) is 3.28. The van der Waals surface area contributed by atoms with Crippen LogP contribution < -0.4 is 10.5 Å². The van der Waals surface area contributed by atoms with Crippen molar-refractivity contribution in [3.8, 4) is 11.5 Å². The molecule has 2 heterocycles. The lowest BCUT2D eigenvalue weighted by Gasteiger charge is -2.30. The van der Waals surface area contributed by atoms with Crippen molar-refractivity contribution in [3.05, 3.63) is 36.2 Å². The predicted molar refractivity (Wildman–Crippen MR) is 118 cm³/mol. The van der Waals surface area contributed by atoms with E-state index in [1.54, 1.807) is 13.8 Å². The Labute approximate surface area is 176 Å². The molecule has 158 valence electrons. The number of nitrogens with two attached hydrogens (primary N) is 1. The summed E-state index contributed by atoms with van der Waals surface area (Å²) < 4.78 is 29.7. The Kier molecular flexibility index (Phi) is 4.59. The third-order valence-corrected chi connectivity index (χ3v) is 7.71. The van der Waals surface area contributed by atoms with Crippen LogP contribution in [-0.2, 0) is 10.0 Å².